The van der Waals surface area contributed by atoms with E-state index in [9.17, 15) is 4.79 Å². The summed E-state index contributed by atoms with van der Waals surface area (Å²) < 4.78 is 0. The van der Waals surface area contributed by atoms with Crippen molar-refractivity contribution in [3.63, 3.8) is 0 Å². The van der Waals surface area contributed by atoms with E-state index in [2.05, 4.69) is 19.1 Å². The van der Waals surface area contributed by atoms with E-state index < -0.39 is 5.97 Å². The molecule has 0 saturated heterocycles. The molecule has 0 saturated carbocycles. The summed E-state index contributed by atoms with van der Waals surface area (Å²) in [5, 5.41) is 8.69. The zero-order valence-electron chi connectivity index (χ0n) is 9.65. The number of carboxylic acids is 1. The second-order valence-electron chi connectivity index (χ2n) is 3.86. The van der Waals surface area contributed by atoms with Gasteiger partial charge in [-0.3, -0.25) is 4.79 Å². The average molecular weight is 218 g/mol. The molecule has 0 unspecified atom stereocenters. The van der Waals surface area contributed by atoms with Crippen molar-refractivity contribution in [2.45, 2.75) is 32.6 Å². The van der Waals surface area contributed by atoms with Crippen LogP contribution in [0.2, 0.25) is 0 Å². The minimum atomic E-state index is -0.785. The topological polar surface area (TPSA) is 37.3 Å². The van der Waals surface area contributed by atoms with Crippen LogP contribution in [-0.4, -0.2) is 11.1 Å². The largest absolute Gasteiger partial charge is 0.481 e. The fraction of sp³-hybridized carbons (Fsp3) is 0.357. The van der Waals surface area contributed by atoms with Gasteiger partial charge < -0.3 is 5.11 Å². The summed E-state index contributed by atoms with van der Waals surface area (Å²) in [7, 11) is 0. The van der Waals surface area contributed by atoms with E-state index in [4.69, 9.17) is 5.11 Å². The fourth-order valence-electron chi connectivity index (χ4n) is 1.52. The first-order valence-electron chi connectivity index (χ1n) is 5.69. The van der Waals surface area contributed by atoms with Crippen molar-refractivity contribution in [2.75, 3.05) is 0 Å². The molecule has 1 rings (SSSR count). The number of unbranched alkanes of at least 4 members (excludes halogenated alkanes) is 2. The van der Waals surface area contributed by atoms with Crippen LogP contribution >= 0.6 is 0 Å². The molecule has 2 nitrogen and oxygen atoms in total. The van der Waals surface area contributed by atoms with E-state index in [1.165, 1.54) is 12.8 Å². The fourth-order valence-corrected chi connectivity index (χ4v) is 1.52. The van der Waals surface area contributed by atoms with Crippen molar-refractivity contribution in [1.29, 1.82) is 0 Å². The molecule has 0 aliphatic rings. The molecule has 0 radical (unpaired) electrons. The smallest absolute Gasteiger partial charge is 0.307 e. The molecular weight excluding hydrogens is 200 g/mol. The molecule has 0 heterocycles. The number of hydrogen-bond acceptors (Lipinski definition) is 1. The van der Waals surface area contributed by atoms with E-state index in [1.54, 1.807) is 0 Å². The van der Waals surface area contributed by atoms with Gasteiger partial charge in [0.25, 0.3) is 0 Å². The third kappa shape index (κ3) is 4.78. The first-order valence-corrected chi connectivity index (χ1v) is 5.69. The first-order chi connectivity index (χ1) is 7.72. The Morgan fingerprint density at radius 1 is 1.44 bits per heavy atom. The van der Waals surface area contributed by atoms with Crippen molar-refractivity contribution >= 4 is 12.0 Å². The van der Waals surface area contributed by atoms with Gasteiger partial charge in [-0.05, 0) is 17.5 Å². The first kappa shape index (κ1) is 12.5. The minimum absolute atomic E-state index is 0.0939. The number of aliphatic carboxylic acids is 1. The Hall–Kier alpha value is -1.57. The SMILES string of the molecule is CCCC/C=C/c1cccc(CC(=O)O)c1. The normalized spacial score (nSPS) is 10.8. The molecule has 0 aliphatic carbocycles. The zero-order valence-corrected chi connectivity index (χ0v) is 9.65. The lowest BCUT2D eigenvalue weighted by atomic mass is 10.1. The number of allylic oxidation sites excluding steroid dienone is 1. The molecule has 86 valence electrons. The monoisotopic (exact) mass is 218 g/mol. The molecule has 16 heavy (non-hydrogen) atoms. The maximum absolute atomic E-state index is 10.6. The van der Waals surface area contributed by atoms with Crippen LogP contribution in [0.3, 0.4) is 0 Å². The van der Waals surface area contributed by atoms with Crippen LogP contribution < -0.4 is 0 Å². The van der Waals surface area contributed by atoms with Crippen molar-refractivity contribution in [3.8, 4) is 0 Å². The molecule has 1 aromatic carbocycles. The van der Waals surface area contributed by atoms with Crippen molar-refractivity contribution in [3.05, 3.63) is 41.5 Å². The Balaban J connectivity index is 2.59. The van der Waals surface area contributed by atoms with Crippen molar-refractivity contribution < 1.29 is 9.90 Å². The van der Waals surface area contributed by atoms with E-state index in [-0.39, 0.29) is 6.42 Å². The molecule has 2 heteroatoms. The van der Waals surface area contributed by atoms with E-state index in [0.717, 1.165) is 17.5 Å². The van der Waals surface area contributed by atoms with Gasteiger partial charge in [0, 0.05) is 0 Å². The molecule has 1 N–H and O–H groups in total. The lowest BCUT2D eigenvalue weighted by molar-refractivity contribution is -0.136. The molecule has 0 aliphatic heterocycles. The molecule has 0 atom stereocenters. The summed E-state index contributed by atoms with van der Waals surface area (Å²) in [6.07, 6.45) is 7.77. The van der Waals surface area contributed by atoms with E-state index >= 15 is 0 Å². The number of rotatable bonds is 6. The second kappa shape index (κ2) is 6.83. The van der Waals surface area contributed by atoms with Gasteiger partial charge in [0.2, 0.25) is 0 Å². The molecule has 0 amide bonds. The molecule has 0 fully saturated rings. The summed E-state index contributed by atoms with van der Waals surface area (Å²) >= 11 is 0. The van der Waals surface area contributed by atoms with Gasteiger partial charge in [-0.2, -0.15) is 0 Å². The maximum Gasteiger partial charge on any atom is 0.307 e. The Morgan fingerprint density at radius 2 is 2.25 bits per heavy atom. The van der Waals surface area contributed by atoms with Crippen LogP contribution in [0.25, 0.3) is 6.08 Å². The predicted molar refractivity (Wildman–Crippen MR) is 66.3 cm³/mol. The van der Waals surface area contributed by atoms with Crippen molar-refractivity contribution in [2.24, 2.45) is 0 Å². The van der Waals surface area contributed by atoms with Crippen LogP contribution in [-0.2, 0) is 11.2 Å². The number of carbonyl (C=O) groups is 1. The lowest BCUT2D eigenvalue weighted by Crippen LogP contribution is -1.99. The molecular formula is C14H18O2. The molecule has 0 bridgehead atoms. The van der Waals surface area contributed by atoms with Gasteiger partial charge in [0.15, 0.2) is 0 Å². The second-order valence-corrected chi connectivity index (χ2v) is 3.86. The van der Waals surface area contributed by atoms with Gasteiger partial charge >= 0.3 is 5.97 Å². The van der Waals surface area contributed by atoms with Crippen molar-refractivity contribution in [1.82, 2.24) is 0 Å². The summed E-state index contributed by atoms with van der Waals surface area (Å²) in [5.41, 5.74) is 1.93. The van der Waals surface area contributed by atoms with Gasteiger partial charge in [-0.1, -0.05) is 56.2 Å². The van der Waals surface area contributed by atoms with Crippen LogP contribution in [0.4, 0.5) is 0 Å². The minimum Gasteiger partial charge on any atom is -0.481 e. The Kier molecular flexibility index (Phi) is 5.34. The van der Waals surface area contributed by atoms with Gasteiger partial charge in [0.1, 0.15) is 0 Å². The Morgan fingerprint density at radius 3 is 2.94 bits per heavy atom. The summed E-state index contributed by atoms with van der Waals surface area (Å²) in [6.45, 7) is 2.17. The number of hydrogen-bond donors (Lipinski definition) is 1. The van der Waals surface area contributed by atoms with Gasteiger partial charge in [-0.15, -0.1) is 0 Å². The third-order valence-corrected chi connectivity index (χ3v) is 2.34. The quantitative estimate of drug-likeness (QED) is 0.742. The van der Waals surface area contributed by atoms with Gasteiger partial charge in [-0.25, -0.2) is 0 Å². The van der Waals surface area contributed by atoms with E-state index in [0.29, 0.717) is 0 Å². The molecule has 0 aromatic heterocycles. The zero-order chi connectivity index (χ0) is 11.8. The van der Waals surface area contributed by atoms with Crippen LogP contribution in [0, 0.1) is 0 Å². The highest BCUT2D eigenvalue weighted by Gasteiger charge is 1.99. The van der Waals surface area contributed by atoms with Gasteiger partial charge in [0.05, 0.1) is 6.42 Å². The highest BCUT2D eigenvalue weighted by molar-refractivity contribution is 5.70. The van der Waals surface area contributed by atoms with Crippen LogP contribution in [0.1, 0.15) is 37.3 Å². The standard InChI is InChI=1S/C14H18O2/c1-2-3-4-5-7-12-8-6-9-13(10-12)11-14(15)16/h5-10H,2-4,11H2,1H3,(H,15,16)/b7-5+. The summed E-state index contributed by atoms with van der Waals surface area (Å²) in [4.78, 5) is 10.6. The number of carboxylic acid groups (broad SMARTS) is 1. The third-order valence-electron chi connectivity index (χ3n) is 2.34. The predicted octanol–water partition coefficient (Wildman–Crippen LogP) is 3.52. The molecule has 1 aromatic rings. The summed E-state index contributed by atoms with van der Waals surface area (Å²) in [6, 6.07) is 7.67. The average Bonchev–Trinajstić information content (AvgIpc) is 2.24. The maximum atomic E-state index is 10.6. The highest BCUT2D eigenvalue weighted by atomic mass is 16.4. The highest BCUT2D eigenvalue weighted by Crippen LogP contribution is 2.09. The van der Waals surface area contributed by atoms with E-state index in [1.807, 2.05) is 24.3 Å². The van der Waals surface area contributed by atoms with Crippen LogP contribution in [0.5, 0.6) is 0 Å². The Labute approximate surface area is 96.6 Å². The molecule has 0 spiro atoms. The van der Waals surface area contributed by atoms with Crippen LogP contribution in [0.15, 0.2) is 30.3 Å². The summed E-state index contributed by atoms with van der Waals surface area (Å²) in [5.74, 6) is -0.785. The number of benzene rings is 1. The lowest BCUT2D eigenvalue weighted by Gasteiger charge is -1.99. The Bertz CT molecular complexity index is 367.